The highest BCUT2D eigenvalue weighted by molar-refractivity contribution is 7.26. The zero-order valence-corrected chi connectivity index (χ0v) is 18.3. The van der Waals surface area contributed by atoms with Crippen molar-refractivity contribution < 1.29 is 9.53 Å². The van der Waals surface area contributed by atoms with Crippen LogP contribution in [0, 0.1) is 13.8 Å². The number of morpholine rings is 1. The summed E-state index contributed by atoms with van der Waals surface area (Å²) < 4.78 is 6.41. The highest BCUT2D eigenvalue weighted by Crippen LogP contribution is 2.37. The van der Waals surface area contributed by atoms with Crippen molar-refractivity contribution >= 4 is 43.4 Å². The normalized spacial score (nSPS) is 14.3. The second-order valence-electron chi connectivity index (χ2n) is 7.68. The molecule has 1 saturated heterocycles. The van der Waals surface area contributed by atoms with Crippen molar-refractivity contribution in [2.45, 2.75) is 20.4 Å². The number of nitrogens with zero attached hydrogens (tertiary/aromatic N) is 4. The molecule has 4 aromatic rings. The van der Waals surface area contributed by atoms with Gasteiger partial charge in [0.15, 0.2) is 0 Å². The van der Waals surface area contributed by atoms with Crippen molar-refractivity contribution in [2.24, 2.45) is 0 Å². The SMILES string of the molecule is Cc1nnc2sc3c(NCc4ccc(C(=O)N5CCOCC5)cc4)nccc3c2c1C. The second kappa shape index (κ2) is 8.20. The molecule has 31 heavy (non-hydrogen) atoms. The molecule has 1 aliphatic heterocycles. The lowest BCUT2D eigenvalue weighted by atomic mass is 10.1. The van der Waals surface area contributed by atoms with Crippen molar-refractivity contribution in [1.29, 1.82) is 0 Å². The van der Waals surface area contributed by atoms with Crippen LogP contribution in [0.3, 0.4) is 0 Å². The minimum Gasteiger partial charge on any atom is -0.378 e. The van der Waals surface area contributed by atoms with E-state index in [1.807, 2.05) is 48.4 Å². The molecule has 0 unspecified atom stereocenters. The van der Waals surface area contributed by atoms with Gasteiger partial charge in [-0.3, -0.25) is 4.79 Å². The fraction of sp³-hybridized carbons (Fsp3) is 0.304. The number of aromatic nitrogens is 3. The van der Waals surface area contributed by atoms with E-state index in [1.165, 1.54) is 0 Å². The molecule has 7 nitrogen and oxygen atoms in total. The summed E-state index contributed by atoms with van der Waals surface area (Å²) in [7, 11) is 0. The van der Waals surface area contributed by atoms with Gasteiger partial charge in [-0.05, 0) is 43.2 Å². The van der Waals surface area contributed by atoms with Gasteiger partial charge in [-0.25, -0.2) is 4.98 Å². The van der Waals surface area contributed by atoms with E-state index >= 15 is 0 Å². The van der Waals surface area contributed by atoms with Crippen molar-refractivity contribution in [2.75, 3.05) is 31.6 Å². The number of amides is 1. The van der Waals surface area contributed by atoms with Gasteiger partial charge in [0.25, 0.3) is 5.91 Å². The monoisotopic (exact) mass is 433 g/mol. The molecule has 0 spiro atoms. The van der Waals surface area contributed by atoms with E-state index in [4.69, 9.17) is 4.74 Å². The highest BCUT2D eigenvalue weighted by atomic mass is 32.1. The molecule has 1 fully saturated rings. The smallest absolute Gasteiger partial charge is 0.254 e. The Labute approximate surface area is 184 Å². The Morgan fingerprint density at radius 3 is 2.68 bits per heavy atom. The topological polar surface area (TPSA) is 80.2 Å². The molecule has 0 aliphatic carbocycles. The molecule has 0 bridgehead atoms. The number of nitrogens with one attached hydrogen (secondary N) is 1. The predicted molar refractivity (Wildman–Crippen MR) is 123 cm³/mol. The largest absolute Gasteiger partial charge is 0.378 e. The number of anilines is 1. The number of ether oxygens (including phenoxy) is 1. The van der Waals surface area contributed by atoms with Crippen LogP contribution in [-0.2, 0) is 11.3 Å². The lowest BCUT2D eigenvalue weighted by Crippen LogP contribution is -2.40. The number of benzene rings is 1. The summed E-state index contributed by atoms with van der Waals surface area (Å²) in [6.07, 6.45) is 1.83. The number of hydrogen-bond donors (Lipinski definition) is 1. The van der Waals surface area contributed by atoms with Crippen LogP contribution >= 0.6 is 11.3 Å². The Hall–Kier alpha value is -3.10. The summed E-state index contributed by atoms with van der Waals surface area (Å²) >= 11 is 1.61. The first-order valence-electron chi connectivity index (χ1n) is 10.3. The lowest BCUT2D eigenvalue weighted by Gasteiger charge is -2.26. The molecule has 1 amide bonds. The summed E-state index contributed by atoms with van der Waals surface area (Å²) in [5.41, 5.74) is 3.91. The standard InChI is InChI=1S/C23H23N5O2S/c1-14-15(2)26-27-22-19(14)18-7-8-24-21(20(18)31-22)25-13-16-3-5-17(6-4-16)23(29)28-9-11-30-12-10-28/h3-8H,9-13H2,1-2H3,(H,24,25). The maximum absolute atomic E-state index is 12.6. The average Bonchev–Trinajstić information content (AvgIpc) is 3.20. The van der Waals surface area contributed by atoms with E-state index < -0.39 is 0 Å². The summed E-state index contributed by atoms with van der Waals surface area (Å²) in [4.78, 5) is 19.9. The van der Waals surface area contributed by atoms with Gasteiger partial charge >= 0.3 is 0 Å². The van der Waals surface area contributed by atoms with Gasteiger partial charge in [0.05, 0.1) is 23.6 Å². The number of aryl methyl sites for hydroxylation is 2. The number of thiophene rings is 1. The predicted octanol–water partition coefficient (Wildman–Crippen LogP) is 3.94. The molecular weight excluding hydrogens is 410 g/mol. The highest BCUT2D eigenvalue weighted by Gasteiger charge is 2.18. The Bertz CT molecular complexity index is 1260. The molecule has 3 aromatic heterocycles. The number of carbonyl (C=O) groups is 1. The molecule has 158 valence electrons. The van der Waals surface area contributed by atoms with E-state index in [0.29, 0.717) is 38.4 Å². The molecule has 8 heteroatoms. The summed E-state index contributed by atoms with van der Waals surface area (Å²) in [6.45, 7) is 7.21. The molecule has 1 aromatic carbocycles. The van der Waals surface area contributed by atoms with Crippen LogP contribution in [0.5, 0.6) is 0 Å². The Balaban J connectivity index is 1.35. The van der Waals surface area contributed by atoms with Gasteiger partial charge in [0.2, 0.25) is 0 Å². The van der Waals surface area contributed by atoms with Crippen LogP contribution in [0.1, 0.15) is 27.2 Å². The van der Waals surface area contributed by atoms with Crippen molar-refractivity contribution in [3.63, 3.8) is 0 Å². The molecule has 0 saturated carbocycles. The number of fused-ring (bicyclic) bond motifs is 3. The van der Waals surface area contributed by atoms with Gasteiger partial charge in [0.1, 0.15) is 10.6 Å². The first-order chi connectivity index (χ1) is 15.1. The Morgan fingerprint density at radius 2 is 1.90 bits per heavy atom. The molecule has 1 N–H and O–H groups in total. The maximum atomic E-state index is 12.6. The van der Waals surface area contributed by atoms with Gasteiger partial charge < -0.3 is 15.0 Å². The first kappa shape index (κ1) is 19.8. The lowest BCUT2D eigenvalue weighted by molar-refractivity contribution is 0.0303. The van der Waals surface area contributed by atoms with Crippen molar-refractivity contribution in [3.05, 3.63) is 58.9 Å². The van der Waals surface area contributed by atoms with Gasteiger partial charge in [0, 0.05) is 42.2 Å². The van der Waals surface area contributed by atoms with Gasteiger partial charge in [-0.1, -0.05) is 12.1 Å². The van der Waals surface area contributed by atoms with Gasteiger partial charge in [-0.15, -0.1) is 16.4 Å². The Morgan fingerprint density at radius 1 is 1.13 bits per heavy atom. The number of rotatable bonds is 4. The molecule has 0 radical (unpaired) electrons. The molecule has 1 aliphatic rings. The van der Waals surface area contributed by atoms with E-state index in [-0.39, 0.29) is 5.91 Å². The third-order valence-electron chi connectivity index (χ3n) is 5.75. The van der Waals surface area contributed by atoms with Crippen LogP contribution < -0.4 is 5.32 Å². The fourth-order valence-corrected chi connectivity index (χ4v) is 4.99. The average molecular weight is 434 g/mol. The summed E-state index contributed by atoms with van der Waals surface area (Å²) in [5.74, 6) is 0.900. The van der Waals surface area contributed by atoms with E-state index in [2.05, 4.69) is 27.4 Å². The fourth-order valence-electron chi connectivity index (χ4n) is 3.85. The second-order valence-corrected chi connectivity index (χ2v) is 8.68. The Kier molecular flexibility index (Phi) is 5.25. The van der Waals surface area contributed by atoms with Crippen LogP contribution in [0.25, 0.3) is 20.3 Å². The van der Waals surface area contributed by atoms with E-state index in [9.17, 15) is 4.79 Å². The number of hydrogen-bond acceptors (Lipinski definition) is 7. The first-order valence-corrected chi connectivity index (χ1v) is 11.1. The van der Waals surface area contributed by atoms with Gasteiger partial charge in [-0.2, -0.15) is 5.10 Å². The summed E-state index contributed by atoms with van der Waals surface area (Å²) in [6, 6.07) is 9.81. The van der Waals surface area contributed by atoms with E-state index in [1.54, 1.807) is 11.3 Å². The minimum absolute atomic E-state index is 0.0614. The van der Waals surface area contributed by atoms with Crippen molar-refractivity contribution in [1.82, 2.24) is 20.1 Å². The molecule has 0 atom stereocenters. The number of carbonyl (C=O) groups excluding carboxylic acids is 1. The third-order valence-corrected chi connectivity index (χ3v) is 6.85. The van der Waals surface area contributed by atoms with Crippen LogP contribution in [0.15, 0.2) is 36.5 Å². The minimum atomic E-state index is 0.0614. The zero-order valence-electron chi connectivity index (χ0n) is 17.5. The summed E-state index contributed by atoms with van der Waals surface area (Å²) in [5, 5.41) is 14.4. The zero-order chi connectivity index (χ0) is 21.4. The molecular formula is C23H23N5O2S. The van der Waals surface area contributed by atoms with Crippen LogP contribution in [-0.4, -0.2) is 52.3 Å². The maximum Gasteiger partial charge on any atom is 0.254 e. The van der Waals surface area contributed by atoms with Crippen LogP contribution in [0.2, 0.25) is 0 Å². The number of pyridine rings is 1. The quantitative estimate of drug-likeness (QED) is 0.525. The third kappa shape index (κ3) is 3.73. The van der Waals surface area contributed by atoms with Crippen LogP contribution in [0.4, 0.5) is 5.82 Å². The molecule has 4 heterocycles. The molecule has 5 rings (SSSR count). The van der Waals surface area contributed by atoms with Crippen molar-refractivity contribution in [3.8, 4) is 0 Å². The van der Waals surface area contributed by atoms with E-state index in [0.717, 1.165) is 42.9 Å².